The van der Waals surface area contributed by atoms with Crippen molar-refractivity contribution in [1.29, 1.82) is 0 Å². The van der Waals surface area contributed by atoms with Gasteiger partial charge in [-0.15, -0.1) is 0 Å². The number of nitrogens with zero attached hydrogens (tertiary/aromatic N) is 1. The molecule has 4 nitrogen and oxygen atoms in total. The van der Waals surface area contributed by atoms with Gasteiger partial charge < -0.3 is 19.7 Å². The lowest BCUT2D eigenvalue weighted by atomic mass is 10.1. The molecule has 1 aliphatic carbocycles. The van der Waals surface area contributed by atoms with Gasteiger partial charge in [0.25, 0.3) is 0 Å². The van der Waals surface area contributed by atoms with Gasteiger partial charge >= 0.3 is 0 Å². The average Bonchev–Trinajstić information content (AvgIpc) is 3.23. The van der Waals surface area contributed by atoms with Gasteiger partial charge in [-0.1, -0.05) is 18.2 Å². The topological polar surface area (TPSA) is 47.8 Å². The molecule has 102 valence electrons. The highest BCUT2D eigenvalue weighted by Gasteiger charge is 2.29. The molecule has 3 rings (SSSR count). The molecule has 2 aliphatic rings. The molecule has 0 spiro atoms. The number of carboxylic acid groups (broad SMARTS) is 1. The van der Waals surface area contributed by atoms with E-state index in [9.17, 15) is 9.90 Å². The van der Waals surface area contributed by atoms with E-state index in [1.54, 1.807) is 17.0 Å². The highest BCUT2D eigenvalue weighted by atomic mass is 16.4. The molecule has 1 aromatic rings. The van der Waals surface area contributed by atoms with Crippen LogP contribution in [0.15, 0.2) is 24.3 Å². The van der Waals surface area contributed by atoms with Gasteiger partial charge in [0.1, 0.15) is 0 Å². The fraction of sp³-hybridized carbons (Fsp3) is 0.533. The summed E-state index contributed by atoms with van der Waals surface area (Å²) >= 11 is 0. The molecule has 0 bridgehead atoms. The van der Waals surface area contributed by atoms with Gasteiger partial charge in [-0.25, -0.2) is 0 Å². The summed E-state index contributed by atoms with van der Waals surface area (Å²) in [7, 11) is 0. The monoisotopic (exact) mass is 260 g/mol. The Labute approximate surface area is 113 Å². The summed E-state index contributed by atoms with van der Waals surface area (Å²) in [6.07, 6.45) is 2.81. The number of piperazine rings is 1. The zero-order valence-corrected chi connectivity index (χ0v) is 11.1. The van der Waals surface area contributed by atoms with Crippen molar-refractivity contribution in [2.75, 3.05) is 37.6 Å². The fourth-order valence-electron chi connectivity index (χ4n) is 2.92. The van der Waals surface area contributed by atoms with E-state index in [-0.39, 0.29) is 0 Å². The molecule has 2 fully saturated rings. The minimum absolute atomic E-state index is 0.313. The third-order valence-electron chi connectivity index (χ3n) is 4.21. The van der Waals surface area contributed by atoms with Gasteiger partial charge in [-0.3, -0.25) is 0 Å². The number of nitrogens with one attached hydrogen (secondary N) is 1. The molecule has 0 amide bonds. The molecular formula is C15H20N2O2. The van der Waals surface area contributed by atoms with Crippen LogP contribution in [0.3, 0.4) is 0 Å². The van der Waals surface area contributed by atoms with E-state index in [1.807, 2.05) is 12.1 Å². The number of hydrogen-bond acceptors (Lipinski definition) is 3. The zero-order chi connectivity index (χ0) is 13.2. The number of rotatable bonds is 4. The van der Waals surface area contributed by atoms with Crippen molar-refractivity contribution in [1.82, 2.24) is 0 Å². The fourth-order valence-corrected chi connectivity index (χ4v) is 2.92. The summed E-state index contributed by atoms with van der Waals surface area (Å²) in [4.78, 5) is 15.0. The van der Waals surface area contributed by atoms with Crippen molar-refractivity contribution in [2.45, 2.75) is 12.8 Å². The van der Waals surface area contributed by atoms with Crippen molar-refractivity contribution in [2.24, 2.45) is 5.92 Å². The van der Waals surface area contributed by atoms with Gasteiger partial charge in [0.15, 0.2) is 0 Å². The molecule has 1 N–H and O–H groups in total. The second-order valence-corrected chi connectivity index (χ2v) is 5.69. The zero-order valence-electron chi connectivity index (χ0n) is 11.1. The quantitative estimate of drug-likeness (QED) is 0.768. The molecule has 0 radical (unpaired) electrons. The van der Waals surface area contributed by atoms with Gasteiger partial charge in [0.05, 0.1) is 38.7 Å². The summed E-state index contributed by atoms with van der Waals surface area (Å²) in [6.45, 7) is 5.39. The van der Waals surface area contributed by atoms with Crippen molar-refractivity contribution in [3.63, 3.8) is 0 Å². The predicted molar refractivity (Wildman–Crippen MR) is 71.3 cm³/mol. The Balaban J connectivity index is 1.65. The van der Waals surface area contributed by atoms with Crippen LogP contribution in [0, 0.1) is 5.92 Å². The third-order valence-corrected chi connectivity index (χ3v) is 4.21. The molecule has 1 heterocycles. The molecule has 1 aromatic carbocycles. The Morgan fingerprint density at radius 1 is 1.26 bits per heavy atom. The second-order valence-electron chi connectivity index (χ2n) is 5.69. The highest BCUT2D eigenvalue weighted by molar-refractivity contribution is 5.93. The van der Waals surface area contributed by atoms with Crippen molar-refractivity contribution >= 4 is 11.7 Å². The first-order valence-electron chi connectivity index (χ1n) is 7.13. The summed E-state index contributed by atoms with van der Waals surface area (Å²) in [6, 6.07) is 7.17. The Bertz CT molecular complexity index is 463. The maximum Gasteiger partial charge on any atom is 0.0949 e. The van der Waals surface area contributed by atoms with Crippen LogP contribution in [-0.4, -0.2) is 38.7 Å². The number of hydrogen-bond donors (Lipinski definition) is 1. The van der Waals surface area contributed by atoms with E-state index < -0.39 is 5.97 Å². The lowest BCUT2D eigenvalue weighted by Crippen LogP contribution is -3.15. The smallest absolute Gasteiger partial charge is 0.0949 e. The Kier molecular flexibility index (Phi) is 3.42. The molecule has 0 atom stereocenters. The molecular weight excluding hydrogens is 240 g/mol. The largest absolute Gasteiger partial charge is 0.545 e. The number of benzene rings is 1. The van der Waals surface area contributed by atoms with Crippen LogP contribution in [0.1, 0.15) is 23.2 Å². The lowest BCUT2D eigenvalue weighted by Gasteiger charge is -2.34. The third kappa shape index (κ3) is 2.89. The van der Waals surface area contributed by atoms with Gasteiger partial charge in [-0.05, 0) is 18.9 Å². The van der Waals surface area contributed by atoms with Crippen LogP contribution in [-0.2, 0) is 0 Å². The summed E-state index contributed by atoms with van der Waals surface area (Å²) in [5, 5.41) is 11.1. The van der Waals surface area contributed by atoms with Crippen molar-refractivity contribution < 1.29 is 14.8 Å². The number of quaternary nitrogens is 1. The minimum atomic E-state index is -1.08. The van der Waals surface area contributed by atoms with E-state index in [0.717, 1.165) is 37.8 Å². The SMILES string of the molecule is O=C([O-])c1ccccc1N1CC[NH+](CC2CC2)CC1. The Morgan fingerprint density at radius 2 is 1.95 bits per heavy atom. The molecule has 1 aliphatic heterocycles. The standard InChI is InChI=1S/C15H20N2O2/c18-15(19)13-3-1-2-4-14(13)17-9-7-16(8-10-17)11-12-5-6-12/h1-4,12H,5-11H2,(H,18,19). The second kappa shape index (κ2) is 5.21. The first-order chi connectivity index (χ1) is 9.24. The first kappa shape index (κ1) is 12.5. The first-order valence-corrected chi connectivity index (χ1v) is 7.13. The van der Waals surface area contributed by atoms with Crippen LogP contribution in [0.2, 0.25) is 0 Å². The van der Waals surface area contributed by atoms with E-state index in [2.05, 4.69) is 4.90 Å². The van der Waals surface area contributed by atoms with Crippen LogP contribution >= 0.6 is 0 Å². The van der Waals surface area contributed by atoms with Crippen LogP contribution < -0.4 is 14.9 Å². The van der Waals surface area contributed by atoms with E-state index in [4.69, 9.17) is 0 Å². The number of carboxylic acids is 1. The number of aromatic carboxylic acids is 1. The van der Waals surface area contributed by atoms with E-state index in [1.165, 1.54) is 19.4 Å². The van der Waals surface area contributed by atoms with Crippen LogP contribution in [0.25, 0.3) is 0 Å². The summed E-state index contributed by atoms with van der Waals surface area (Å²) in [5.41, 5.74) is 1.13. The van der Waals surface area contributed by atoms with E-state index >= 15 is 0 Å². The number of carbonyl (C=O) groups is 1. The maximum atomic E-state index is 11.1. The number of carbonyl (C=O) groups excluding carboxylic acids is 1. The molecule has 4 heteroatoms. The van der Waals surface area contributed by atoms with Gasteiger partial charge in [-0.2, -0.15) is 0 Å². The van der Waals surface area contributed by atoms with Crippen LogP contribution in [0.5, 0.6) is 0 Å². The lowest BCUT2D eigenvalue weighted by molar-refractivity contribution is -0.902. The molecule has 1 saturated carbocycles. The number of anilines is 1. The molecule has 19 heavy (non-hydrogen) atoms. The number of para-hydroxylation sites is 1. The summed E-state index contributed by atoms with van der Waals surface area (Å²) < 4.78 is 0. The van der Waals surface area contributed by atoms with Crippen molar-refractivity contribution in [3.05, 3.63) is 29.8 Å². The molecule has 0 aromatic heterocycles. The predicted octanol–water partition coefficient (Wildman–Crippen LogP) is -0.835. The van der Waals surface area contributed by atoms with Gasteiger partial charge in [0.2, 0.25) is 0 Å². The minimum Gasteiger partial charge on any atom is -0.545 e. The Hall–Kier alpha value is -1.55. The Morgan fingerprint density at radius 3 is 2.58 bits per heavy atom. The normalized spacial score (nSPS) is 20.5. The maximum absolute atomic E-state index is 11.1. The van der Waals surface area contributed by atoms with Crippen LogP contribution in [0.4, 0.5) is 5.69 Å². The molecule has 1 saturated heterocycles. The highest BCUT2D eigenvalue weighted by Crippen LogP contribution is 2.27. The summed E-state index contributed by atoms with van der Waals surface area (Å²) in [5.74, 6) is -0.125. The van der Waals surface area contributed by atoms with Gasteiger partial charge in [0, 0.05) is 17.2 Å². The van der Waals surface area contributed by atoms with E-state index in [0.29, 0.717) is 5.56 Å². The molecule has 0 unspecified atom stereocenters. The van der Waals surface area contributed by atoms with Crippen molar-refractivity contribution in [3.8, 4) is 0 Å². The average molecular weight is 260 g/mol.